The monoisotopic (exact) mass is 394 g/mol. The number of hydrogen-bond donors (Lipinski definition) is 1. The molecule has 0 unspecified atom stereocenters. The highest BCUT2D eigenvalue weighted by atomic mass is 16.5. The van der Waals surface area contributed by atoms with Crippen molar-refractivity contribution in [3.8, 4) is 0 Å². The van der Waals surface area contributed by atoms with Crippen LogP contribution in [0, 0.1) is 6.92 Å². The molecule has 0 aromatic heterocycles. The van der Waals surface area contributed by atoms with Gasteiger partial charge in [-0.1, -0.05) is 42.0 Å². The lowest BCUT2D eigenvalue weighted by molar-refractivity contribution is -0.153. The molecule has 1 heterocycles. The number of aryl methyl sites for hydroxylation is 1. The van der Waals surface area contributed by atoms with Crippen LogP contribution in [0.15, 0.2) is 48.5 Å². The summed E-state index contributed by atoms with van der Waals surface area (Å²) in [4.78, 5) is 50.2. The molecule has 0 radical (unpaired) electrons. The molecule has 3 rings (SSSR count). The molecule has 0 spiro atoms. The lowest BCUT2D eigenvalue weighted by Gasteiger charge is -2.30. The van der Waals surface area contributed by atoms with Gasteiger partial charge in [0.05, 0.1) is 17.8 Å². The van der Waals surface area contributed by atoms with Crippen molar-refractivity contribution in [3.63, 3.8) is 0 Å². The zero-order chi connectivity index (χ0) is 21.0. The molecule has 2 aromatic carbocycles. The average molecular weight is 394 g/mol. The molecule has 1 aliphatic rings. The maximum Gasteiger partial charge on any atom is 0.307 e. The Morgan fingerprint density at radius 3 is 2.48 bits per heavy atom. The zero-order valence-electron chi connectivity index (χ0n) is 16.3. The first kappa shape index (κ1) is 20.3. The van der Waals surface area contributed by atoms with Gasteiger partial charge in [-0.25, -0.2) is 0 Å². The van der Waals surface area contributed by atoms with Crippen LogP contribution in [-0.4, -0.2) is 36.2 Å². The van der Waals surface area contributed by atoms with Crippen molar-refractivity contribution in [2.45, 2.75) is 32.8 Å². The van der Waals surface area contributed by atoms with Gasteiger partial charge in [0.1, 0.15) is 6.54 Å². The number of ketones is 1. The molecule has 2 amide bonds. The summed E-state index contributed by atoms with van der Waals surface area (Å²) in [5.74, 6) is -1.62. The molecule has 0 bridgehead atoms. The summed E-state index contributed by atoms with van der Waals surface area (Å²) in [5.41, 5.74) is 2.65. The van der Waals surface area contributed by atoms with Crippen LogP contribution in [0.3, 0.4) is 0 Å². The summed E-state index contributed by atoms with van der Waals surface area (Å²) in [6.07, 6.45) is -1.20. The first-order valence-corrected chi connectivity index (χ1v) is 9.35. The van der Waals surface area contributed by atoms with Gasteiger partial charge < -0.3 is 10.1 Å². The normalized spacial score (nSPS) is 13.9. The Kier molecular flexibility index (Phi) is 6.07. The molecule has 1 aliphatic heterocycles. The van der Waals surface area contributed by atoms with Crippen molar-refractivity contribution in [1.29, 1.82) is 0 Å². The molecule has 7 heteroatoms. The van der Waals surface area contributed by atoms with Crippen LogP contribution in [0.4, 0.5) is 11.4 Å². The van der Waals surface area contributed by atoms with Crippen LogP contribution in [0.2, 0.25) is 0 Å². The predicted octanol–water partition coefficient (Wildman–Crippen LogP) is 2.87. The number of carbonyl (C=O) groups is 4. The van der Waals surface area contributed by atoms with Crippen LogP contribution in [0.25, 0.3) is 0 Å². The van der Waals surface area contributed by atoms with E-state index >= 15 is 0 Å². The summed E-state index contributed by atoms with van der Waals surface area (Å²) in [5, 5.41) is 2.70. The van der Waals surface area contributed by atoms with E-state index in [-0.39, 0.29) is 31.1 Å². The Bertz CT molecular complexity index is 952. The van der Waals surface area contributed by atoms with Crippen LogP contribution in [-0.2, 0) is 19.1 Å². The number of ether oxygens (including phenoxy) is 1. The van der Waals surface area contributed by atoms with Crippen molar-refractivity contribution >= 4 is 34.9 Å². The van der Waals surface area contributed by atoms with Crippen molar-refractivity contribution in [2.24, 2.45) is 0 Å². The quantitative estimate of drug-likeness (QED) is 0.601. The fraction of sp³-hybridized carbons (Fsp3) is 0.273. The van der Waals surface area contributed by atoms with Gasteiger partial charge in [0.25, 0.3) is 5.91 Å². The lowest BCUT2D eigenvalue weighted by Crippen LogP contribution is -2.47. The molecule has 0 saturated carbocycles. The molecular formula is C22H22N2O5. The molecule has 7 nitrogen and oxygen atoms in total. The Labute approximate surface area is 168 Å². The number of amides is 2. The van der Waals surface area contributed by atoms with E-state index in [1.54, 1.807) is 36.4 Å². The predicted molar refractivity (Wildman–Crippen MR) is 108 cm³/mol. The van der Waals surface area contributed by atoms with E-state index in [4.69, 9.17) is 4.74 Å². The Hall–Kier alpha value is -3.48. The van der Waals surface area contributed by atoms with E-state index in [1.165, 1.54) is 11.8 Å². The second kappa shape index (κ2) is 8.68. The SMILES string of the molecule is Cc1ccc(C(=O)CCC(=O)O[C@H](C)C(=O)N2CC(=O)Nc3ccccc32)cc1. The Balaban J connectivity index is 1.57. The van der Waals surface area contributed by atoms with Crippen LogP contribution >= 0.6 is 0 Å². The van der Waals surface area contributed by atoms with Gasteiger partial charge in [0, 0.05) is 12.0 Å². The van der Waals surface area contributed by atoms with Crippen LogP contribution < -0.4 is 10.2 Å². The largest absolute Gasteiger partial charge is 0.453 e. The number of hydrogen-bond acceptors (Lipinski definition) is 5. The number of esters is 1. The van der Waals surface area contributed by atoms with Crippen molar-refractivity contribution < 1.29 is 23.9 Å². The van der Waals surface area contributed by atoms with E-state index in [2.05, 4.69) is 5.32 Å². The summed E-state index contributed by atoms with van der Waals surface area (Å²) >= 11 is 0. The highest BCUT2D eigenvalue weighted by Crippen LogP contribution is 2.29. The third-order valence-corrected chi connectivity index (χ3v) is 4.62. The highest BCUT2D eigenvalue weighted by Gasteiger charge is 2.31. The molecule has 1 atom stereocenters. The van der Waals surface area contributed by atoms with Gasteiger partial charge in [-0.05, 0) is 26.0 Å². The number of Topliss-reactive ketones (excluding diaryl/α,β-unsaturated/α-hetero) is 1. The molecule has 0 saturated heterocycles. The van der Waals surface area contributed by atoms with E-state index in [0.717, 1.165) is 5.56 Å². The molecule has 29 heavy (non-hydrogen) atoms. The van der Waals surface area contributed by atoms with Crippen molar-refractivity contribution in [2.75, 3.05) is 16.8 Å². The highest BCUT2D eigenvalue weighted by molar-refractivity contribution is 6.11. The fourth-order valence-corrected chi connectivity index (χ4v) is 3.06. The van der Waals surface area contributed by atoms with Gasteiger partial charge >= 0.3 is 5.97 Å². The Morgan fingerprint density at radius 1 is 1.07 bits per heavy atom. The minimum absolute atomic E-state index is 0.00222. The van der Waals surface area contributed by atoms with Crippen LogP contribution in [0.1, 0.15) is 35.7 Å². The molecule has 0 aliphatic carbocycles. The van der Waals surface area contributed by atoms with E-state index < -0.39 is 18.0 Å². The van der Waals surface area contributed by atoms with Gasteiger partial charge in [-0.2, -0.15) is 0 Å². The first-order valence-electron chi connectivity index (χ1n) is 9.35. The zero-order valence-corrected chi connectivity index (χ0v) is 16.3. The van der Waals surface area contributed by atoms with E-state index in [9.17, 15) is 19.2 Å². The molecule has 0 fully saturated rings. The smallest absolute Gasteiger partial charge is 0.307 e. The molecule has 150 valence electrons. The number of fused-ring (bicyclic) bond motifs is 1. The Morgan fingerprint density at radius 2 is 1.76 bits per heavy atom. The number of nitrogens with zero attached hydrogens (tertiary/aromatic N) is 1. The van der Waals surface area contributed by atoms with E-state index in [0.29, 0.717) is 16.9 Å². The summed E-state index contributed by atoms with van der Waals surface area (Å²) in [6, 6.07) is 14.0. The lowest BCUT2D eigenvalue weighted by atomic mass is 10.1. The average Bonchev–Trinajstić information content (AvgIpc) is 2.71. The maximum absolute atomic E-state index is 12.7. The second-order valence-electron chi connectivity index (χ2n) is 6.91. The number of benzene rings is 2. The summed E-state index contributed by atoms with van der Waals surface area (Å²) in [6.45, 7) is 3.23. The summed E-state index contributed by atoms with van der Waals surface area (Å²) < 4.78 is 5.21. The number of carbonyl (C=O) groups excluding carboxylic acids is 4. The minimum atomic E-state index is -1.07. The van der Waals surface area contributed by atoms with Gasteiger partial charge in [0.2, 0.25) is 5.91 Å². The number of rotatable bonds is 6. The van der Waals surface area contributed by atoms with E-state index in [1.807, 2.05) is 19.1 Å². The third-order valence-electron chi connectivity index (χ3n) is 4.62. The first-order chi connectivity index (χ1) is 13.8. The number of para-hydroxylation sites is 2. The number of nitrogens with one attached hydrogen (secondary N) is 1. The molecule has 2 aromatic rings. The standard InChI is InChI=1S/C22H22N2O5/c1-14-7-9-16(10-8-14)19(25)11-12-21(27)29-15(2)22(28)24-13-20(26)23-17-5-3-4-6-18(17)24/h3-10,15H,11-13H2,1-2H3,(H,23,26)/t15-/m1/s1. The molecular weight excluding hydrogens is 372 g/mol. The van der Waals surface area contributed by atoms with Gasteiger partial charge in [0.15, 0.2) is 11.9 Å². The van der Waals surface area contributed by atoms with Crippen LogP contribution in [0.5, 0.6) is 0 Å². The second-order valence-corrected chi connectivity index (χ2v) is 6.91. The van der Waals surface area contributed by atoms with Crippen molar-refractivity contribution in [1.82, 2.24) is 0 Å². The number of anilines is 2. The van der Waals surface area contributed by atoms with Gasteiger partial charge in [-0.15, -0.1) is 0 Å². The van der Waals surface area contributed by atoms with Crippen molar-refractivity contribution in [3.05, 3.63) is 59.7 Å². The van der Waals surface area contributed by atoms with Gasteiger partial charge in [-0.3, -0.25) is 24.1 Å². The molecule has 1 N–H and O–H groups in total. The minimum Gasteiger partial charge on any atom is -0.453 e. The summed E-state index contributed by atoms with van der Waals surface area (Å²) in [7, 11) is 0. The topological polar surface area (TPSA) is 92.8 Å². The third kappa shape index (κ3) is 4.87. The fourth-order valence-electron chi connectivity index (χ4n) is 3.06. The maximum atomic E-state index is 12.7.